The highest BCUT2D eigenvalue weighted by atomic mass is 16.4. The highest BCUT2D eigenvalue weighted by molar-refractivity contribution is 5.84. The zero-order valence-corrected chi connectivity index (χ0v) is 12.1. The third-order valence-electron chi connectivity index (χ3n) is 3.49. The van der Waals surface area contributed by atoms with E-state index in [0.29, 0.717) is 25.8 Å². The average Bonchev–Trinajstić information content (AvgIpc) is 2.78. The summed E-state index contributed by atoms with van der Waals surface area (Å²) >= 11 is 0. The van der Waals surface area contributed by atoms with Gasteiger partial charge >= 0.3 is 5.97 Å². The Morgan fingerprint density at radius 2 is 2.00 bits per heavy atom. The molecule has 2 N–H and O–H groups in total. The van der Waals surface area contributed by atoms with Gasteiger partial charge in [0.15, 0.2) is 0 Å². The van der Waals surface area contributed by atoms with E-state index in [9.17, 15) is 9.59 Å². The van der Waals surface area contributed by atoms with Crippen molar-refractivity contribution in [1.29, 1.82) is 0 Å². The first-order chi connectivity index (χ1) is 10.1. The summed E-state index contributed by atoms with van der Waals surface area (Å²) in [4.78, 5) is 22.1. The van der Waals surface area contributed by atoms with Gasteiger partial charge in [0.2, 0.25) is 5.91 Å². The van der Waals surface area contributed by atoms with Crippen LogP contribution in [0.4, 0.5) is 0 Å². The molecule has 0 fully saturated rings. The van der Waals surface area contributed by atoms with Gasteiger partial charge in [0.25, 0.3) is 0 Å². The molecule has 0 aliphatic heterocycles. The molecule has 0 radical (unpaired) electrons. The Labute approximate surface area is 123 Å². The third kappa shape index (κ3) is 4.08. The lowest BCUT2D eigenvalue weighted by Crippen LogP contribution is -2.25. The summed E-state index contributed by atoms with van der Waals surface area (Å²) in [5.41, 5.74) is 2.32. The molecule has 0 bridgehead atoms. The van der Waals surface area contributed by atoms with Crippen molar-refractivity contribution in [2.45, 2.75) is 25.7 Å². The van der Waals surface area contributed by atoms with E-state index in [1.165, 1.54) is 5.39 Å². The fourth-order valence-electron chi connectivity index (χ4n) is 2.43. The second kappa shape index (κ2) is 6.92. The van der Waals surface area contributed by atoms with E-state index in [0.717, 1.165) is 11.1 Å². The van der Waals surface area contributed by atoms with Crippen LogP contribution in [0.2, 0.25) is 0 Å². The lowest BCUT2D eigenvalue weighted by molar-refractivity contribution is -0.137. The number of aromatic nitrogens is 1. The van der Waals surface area contributed by atoms with E-state index in [2.05, 4.69) is 28.2 Å². The second-order valence-corrected chi connectivity index (χ2v) is 5.13. The van der Waals surface area contributed by atoms with Crippen LogP contribution < -0.4 is 5.32 Å². The number of aliphatic carboxylic acids is 1. The van der Waals surface area contributed by atoms with Crippen molar-refractivity contribution in [3.63, 3.8) is 0 Å². The van der Waals surface area contributed by atoms with Gasteiger partial charge in [-0.2, -0.15) is 0 Å². The molecule has 2 aromatic rings. The van der Waals surface area contributed by atoms with Crippen LogP contribution in [-0.2, 0) is 23.1 Å². The Hall–Kier alpha value is -2.30. The first kappa shape index (κ1) is 15.1. The summed E-state index contributed by atoms with van der Waals surface area (Å²) in [5.74, 6) is -0.867. The molecule has 5 nitrogen and oxygen atoms in total. The minimum atomic E-state index is -0.833. The molecule has 1 heterocycles. The molecule has 1 aromatic carbocycles. The number of nitrogens with one attached hydrogen (secondary N) is 1. The van der Waals surface area contributed by atoms with Gasteiger partial charge in [-0.25, -0.2) is 0 Å². The van der Waals surface area contributed by atoms with E-state index >= 15 is 0 Å². The van der Waals surface area contributed by atoms with Crippen LogP contribution in [0.3, 0.4) is 0 Å². The van der Waals surface area contributed by atoms with E-state index in [1.807, 2.05) is 19.2 Å². The number of fused-ring (bicyclic) bond motifs is 1. The minimum Gasteiger partial charge on any atom is -0.481 e. The van der Waals surface area contributed by atoms with Crippen LogP contribution in [0.25, 0.3) is 10.9 Å². The quantitative estimate of drug-likeness (QED) is 0.766. The van der Waals surface area contributed by atoms with Gasteiger partial charge < -0.3 is 15.0 Å². The Morgan fingerprint density at radius 3 is 2.76 bits per heavy atom. The summed E-state index contributed by atoms with van der Waals surface area (Å²) in [7, 11) is 2.00. The molecule has 5 heteroatoms. The number of carbonyl (C=O) groups is 2. The summed E-state index contributed by atoms with van der Waals surface area (Å²) < 4.78 is 2.06. The second-order valence-electron chi connectivity index (χ2n) is 5.13. The monoisotopic (exact) mass is 288 g/mol. The maximum Gasteiger partial charge on any atom is 0.303 e. The van der Waals surface area contributed by atoms with Crippen LogP contribution in [0.5, 0.6) is 0 Å². The van der Waals surface area contributed by atoms with Crippen molar-refractivity contribution in [2.24, 2.45) is 7.05 Å². The fraction of sp³-hybridized carbons (Fsp3) is 0.375. The number of nitrogens with zero attached hydrogens (tertiary/aromatic N) is 1. The van der Waals surface area contributed by atoms with Crippen LogP contribution >= 0.6 is 0 Å². The number of hydrogen-bond donors (Lipinski definition) is 2. The molecular weight excluding hydrogens is 268 g/mol. The van der Waals surface area contributed by atoms with E-state index in [4.69, 9.17) is 5.11 Å². The zero-order valence-electron chi connectivity index (χ0n) is 12.1. The van der Waals surface area contributed by atoms with Gasteiger partial charge in [0.05, 0.1) is 0 Å². The molecular formula is C16H20N2O3. The molecule has 0 atom stereocenters. The van der Waals surface area contributed by atoms with E-state index in [-0.39, 0.29) is 12.3 Å². The number of amides is 1. The molecule has 112 valence electrons. The Balaban J connectivity index is 1.84. The number of carboxylic acid groups (broad SMARTS) is 1. The smallest absolute Gasteiger partial charge is 0.303 e. The molecule has 0 saturated carbocycles. The maximum absolute atomic E-state index is 11.7. The fourth-order valence-corrected chi connectivity index (χ4v) is 2.43. The first-order valence-electron chi connectivity index (χ1n) is 7.09. The molecule has 0 saturated heterocycles. The minimum absolute atomic E-state index is 0.0340. The normalized spacial score (nSPS) is 10.7. The summed E-state index contributed by atoms with van der Waals surface area (Å²) in [5, 5.41) is 12.5. The number of rotatable bonds is 7. The first-order valence-corrected chi connectivity index (χ1v) is 7.09. The molecule has 21 heavy (non-hydrogen) atoms. The van der Waals surface area contributed by atoms with E-state index < -0.39 is 5.97 Å². The number of carbonyl (C=O) groups excluding carboxylic acids is 1. The Kier molecular flexibility index (Phi) is 4.98. The third-order valence-corrected chi connectivity index (χ3v) is 3.49. The van der Waals surface area contributed by atoms with Crippen molar-refractivity contribution < 1.29 is 14.7 Å². The molecule has 0 aliphatic rings. The van der Waals surface area contributed by atoms with Gasteiger partial charge in [-0.05, 0) is 24.5 Å². The molecule has 0 spiro atoms. The van der Waals surface area contributed by atoms with Crippen LogP contribution in [0.15, 0.2) is 30.5 Å². The predicted molar refractivity (Wildman–Crippen MR) is 81.1 cm³/mol. The van der Waals surface area contributed by atoms with Crippen molar-refractivity contribution in [3.05, 3.63) is 36.0 Å². The molecule has 1 aromatic heterocycles. The lowest BCUT2D eigenvalue weighted by atomic mass is 10.1. The van der Waals surface area contributed by atoms with Gasteiger partial charge in [-0.15, -0.1) is 0 Å². The maximum atomic E-state index is 11.7. The molecule has 2 rings (SSSR count). The lowest BCUT2D eigenvalue weighted by Gasteiger charge is -2.03. The number of hydrogen-bond acceptors (Lipinski definition) is 2. The van der Waals surface area contributed by atoms with E-state index in [1.54, 1.807) is 0 Å². The summed E-state index contributed by atoms with van der Waals surface area (Å²) in [6.07, 6.45) is 3.72. The van der Waals surface area contributed by atoms with Crippen molar-refractivity contribution in [2.75, 3.05) is 6.54 Å². The number of para-hydroxylation sites is 1. The molecule has 0 aliphatic carbocycles. The Bertz CT molecular complexity index is 646. The van der Waals surface area contributed by atoms with Gasteiger partial charge in [-0.3, -0.25) is 9.59 Å². The van der Waals surface area contributed by atoms with Gasteiger partial charge in [-0.1, -0.05) is 18.2 Å². The molecule has 0 unspecified atom stereocenters. The number of benzene rings is 1. The highest BCUT2D eigenvalue weighted by Crippen LogP contribution is 2.21. The van der Waals surface area contributed by atoms with Crippen LogP contribution in [0, 0.1) is 0 Å². The van der Waals surface area contributed by atoms with Crippen molar-refractivity contribution in [3.8, 4) is 0 Å². The van der Waals surface area contributed by atoms with Crippen molar-refractivity contribution >= 4 is 22.8 Å². The van der Waals surface area contributed by atoms with Crippen LogP contribution in [-0.4, -0.2) is 28.1 Å². The largest absolute Gasteiger partial charge is 0.481 e. The molecule has 1 amide bonds. The van der Waals surface area contributed by atoms with Gasteiger partial charge in [0, 0.05) is 43.5 Å². The van der Waals surface area contributed by atoms with Crippen molar-refractivity contribution in [1.82, 2.24) is 9.88 Å². The SMILES string of the molecule is Cn1cc(CCC(=O)NCCCC(=O)O)c2ccccc21. The standard InChI is InChI=1S/C16H20N2O3/c1-18-11-12(13-5-2-3-6-14(13)18)8-9-15(19)17-10-4-7-16(20)21/h2-3,5-6,11H,4,7-10H2,1H3,(H,17,19)(H,20,21). The summed E-state index contributed by atoms with van der Waals surface area (Å²) in [6.45, 7) is 0.417. The zero-order chi connectivity index (χ0) is 15.2. The summed E-state index contributed by atoms with van der Waals surface area (Å²) in [6, 6.07) is 8.12. The average molecular weight is 288 g/mol. The van der Waals surface area contributed by atoms with Crippen LogP contribution in [0.1, 0.15) is 24.8 Å². The number of carboxylic acids is 1. The van der Waals surface area contributed by atoms with Gasteiger partial charge in [0.1, 0.15) is 0 Å². The predicted octanol–water partition coefficient (Wildman–Crippen LogP) is 2.09. The topological polar surface area (TPSA) is 71.3 Å². The highest BCUT2D eigenvalue weighted by Gasteiger charge is 2.08. The Morgan fingerprint density at radius 1 is 1.24 bits per heavy atom. The number of aryl methyl sites for hydroxylation is 2.